The van der Waals surface area contributed by atoms with Crippen LogP contribution in [0.25, 0.3) is 0 Å². The Kier molecular flexibility index (Phi) is 4.70. The predicted octanol–water partition coefficient (Wildman–Crippen LogP) is 3.04. The summed E-state index contributed by atoms with van der Waals surface area (Å²) in [7, 11) is 1.67. The van der Waals surface area contributed by atoms with Crippen molar-refractivity contribution in [1.82, 2.24) is 4.90 Å². The third-order valence-electron chi connectivity index (χ3n) is 2.98. The number of nitrogens with zero attached hydrogens (tertiary/aromatic N) is 1. The summed E-state index contributed by atoms with van der Waals surface area (Å²) in [6.07, 6.45) is 0.863. The summed E-state index contributed by atoms with van der Waals surface area (Å²) in [5, 5.41) is 9.12. The van der Waals surface area contributed by atoms with Crippen LogP contribution in [-0.2, 0) is 0 Å². The zero-order chi connectivity index (χ0) is 13.9. The Morgan fingerprint density at radius 3 is 2.50 bits per heavy atom. The minimum Gasteiger partial charge on any atom is -0.508 e. The van der Waals surface area contributed by atoms with Gasteiger partial charge in [-0.15, -0.1) is 0 Å². The van der Waals surface area contributed by atoms with Crippen molar-refractivity contribution >= 4 is 5.91 Å². The Bertz CT molecular complexity index is 432. The number of amides is 1. The number of hydrogen-bond donors (Lipinski definition) is 1. The normalized spacial score (nSPS) is 12.6. The van der Waals surface area contributed by atoms with E-state index in [0.29, 0.717) is 5.92 Å². The molecule has 0 aromatic heterocycles. The second-order valence-corrected chi connectivity index (χ2v) is 5.06. The van der Waals surface area contributed by atoms with Crippen molar-refractivity contribution in [3.8, 4) is 5.75 Å². The van der Waals surface area contributed by atoms with Crippen LogP contribution in [0.2, 0.25) is 0 Å². The van der Waals surface area contributed by atoms with Crippen LogP contribution in [0.1, 0.15) is 37.6 Å². The quantitative estimate of drug-likeness (QED) is 0.896. The largest absolute Gasteiger partial charge is 0.508 e. The van der Waals surface area contributed by atoms with Crippen molar-refractivity contribution in [2.45, 2.75) is 33.2 Å². The van der Waals surface area contributed by atoms with Crippen LogP contribution in [0.4, 0.5) is 4.39 Å². The minimum absolute atomic E-state index is 0.00842. The van der Waals surface area contributed by atoms with E-state index in [1.54, 1.807) is 7.05 Å². The predicted molar refractivity (Wildman–Crippen MR) is 69.1 cm³/mol. The summed E-state index contributed by atoms with van der Waals surface area (Å²) in [6.45, 7) is 6.10. The summed E-state index contributed by atoms with van der Waals surface area (Å²) in [5.74, 6) is -0.758. The summed E-state index contributed by atoms with van der Waals surface area (Å²) >= 11 is 0. The van der Waals surface area contributed by atoms with E-state index in [4.69, 9.17) is 5.11 Å². The fourth-order valence-corrected chi connectivity index (χ4v) is 1.91. The second-order valence-electron chi connectivity index (χ2n) is 5.06. The van der Waals surface area contributed by atoms with Gasteiger partial charge in [0.15, 0.2) is 0 Å². The maximum atomic E-state index is 13.6. The number of aromatic hydroxyl groups is 1. The SMILES string of the molecule is CC(C)CC(C)N(C)C(=O)c1ccc(O)cc1F. The Labute approximate surface area is 107 Å². The molecule has 1 unspecified atom stereocenters. The van der Waals surface area contributed by atoms with Crippen LogP contribution < -0.4 is 0 Å². The molecule has 0 spiro atoms. The van der Waals surface area contributed by atoms with E-state index >= 15 is 0 Å². The van der Waals surface area contributed by atoms with Gasteiger partial charge in [0, 0.05) is 19.2 Å². The minimum atomic E-state index is -0.691. The number of rotatable bonds is 4. The third kappa shape index (κ3) is 3.45. The zero-order valence-electron chi connectivity index (χ0n) is 11.3. The van der Waals surface area contributed by atoms with Gasteiger partial charge in [-0.3, -0.25) is 4.79 Å². The molecular weight excluding hydrogens is 233 g/mol. The van der Waals surface area contributed by atoms with E-state index in [9.17, 15) is 9.18 Å². The molecule has 0 aliphatic carbocycles. The number of halogens is 1. The van der Waals surface area contributed by atoms with E-state index < -0.39 is 5.82 Å². The van der Waals surface area contributed by atoms with Crippen LogP contribution in [0.3, 0.4) is 0 Å². The molecule has 0 saturated heterocycles. The first-order valence-corrected chi connectivity index (χ1v) is 6.08. The van der Waals surface area contributed by atoms with E-state index in [1.807, 2.05) is 6.92 Å². The Balaban J connectivity index is 2.86. The average Bonchev–Trinajstić information content (AvgIpc) is 2.26. The maximum absolute atomic E-state index is 13.6. The highest BCUT2D eigenvalue weighted by molar-refractivity contribution is 5.94. The van der Waals surface area contributed by atoms with Crippen LogP contribution in [-0.4, -0.2) is 29.0 Å². The lowest BCUT2D eigenvalue weighted by Gasteiger charge is -2.26. The van der Waals surface area contributed by atoms with Crippen molar-refractivity contribution in [3.05, 3.63) is 29.6 Å². The molecule has 1 atom stereocenters. The molecule has 3 nitrogen and oxygen atoms in total. The number of phenolic OH excluding ortho intramolecular Hbond substituents is 1. The van der Waals surface area contributed by atoms with Crippen molar-refractivity contribution in [2.24, 2.45) is 5.92 Å². The molecule has 0 fully saturated rings. The molecule has 0 heterocycles. The monoisotopic (exact) mass is 253 g/mol. The molecule has 0 aliphatic heterocycles. The smallest absolute Gasteiger partial charge is 0.256 e. The van der Waals surface area contributed by atoms with Crippen molar-refractivity contribution in [1.29, 1.82) is 0 Å². The summed E-state index contributed by atoms with van der Waals surface area (Å²) in [5.41, 5.74) is -0.00842. The van der Waals surface area contributed by atoms with Gasteiger partial charge in [0.05, 0.1) is 5.56 Å². The van der Waals surface area contributed by atoms with Crippen LogP contribution in [0.15, 0.2) is 18.2 Å². The molecular formula is C14H20FNO2. The highest BCUT2D eigenvalue weighted by Gasteiger charge is 2.21. The van der Waals surface area contributed by atoms with Crippen molar-refractivity contribution in [3.63, 3.8) is 0 Å². The van der Waals surface area contributed by atoms with E-state index in [1.165, 1.54) is 17.0 Å². The summed E-state index contributed by atoms with van der Waals surface area (Å²) < 4.78 is 13.6. The lowest BCUT2D eigenvalue weighted by molar-refractivity contribution is 0.0723. The van der Waals surface area contributed by atoms with Gasteiger partial charge in [0.1, 0.15) is 11.6 Å². The van der Waals surface area contributed by atoms with E-state index in [2.05, 4.69) is 13.8 Å². The molecule has 1 aromatic carbocycles. The van der Waals surface area contributed by atoms with Crippen LogP contribution in [0, 0.1) is 11.7 Å². The molecule has 1 N–H and O–H groups in total. The topological polar surface area (TPSA) is 40.5 Å². The van der Waals surface area contributed by atoms with Gasteiger partial charge in [-0.25, -0.2) is 4.39 Å². The Hall–Kier alpha value is -1.58. The highest BCUT2D eigenvalue weighted by atomic mass is 19.1. The fraction of sp³-hybridized carbons (Fsp3) is 0.500. The van der Waals surface area contributed by atoms with Gasteiger partial charge >= 0.3 is 0 Å². The van der Waals surface area contributed by atoms with Crippen LogP contribution in [0.5, 0.6) is 5.75 Å². The molecule has 4 heteroatoms. The molecule has 0 radical (unpaired) electrons. The molecule has 0 bridgehead atoms. The lowest BCUT2D eigenvalue weighted by Crippen LogP contribution is -2.36. The number of carbonyl (C=O) groups excluding carboxylic acids is 1. The van der Waals surface area contributed by atoms with Gasteiger partial charge in [0.25, 0.3) is 5.91 Å². The number of hydrogen-bond acceptors (Lipinski definition) is 2. The van der Waals surface area contributed by atoms with Crippen LogP contribution >= 0.6 is 0 Å². The lowest BCUT2D eigenvalue weighted by atomic mass is 10.0. The molecule has 1 amide bonds. The number of phenols is 1. The van der Waals surface area contributed by atoms with Gasteiger partial charge in [-0.05, 0) is 31.4 Å². The first-order valence-electron chi connectivity index (χ1n) is 6.08. The van der Waals surface area contributed by atoms with Gasteiger partial charge in [0.2, 0.25) is 0 Å². The third-order valence-corrected chi connectivity index (χ3v) is 2.98. The molecule has 0 saturated carbocycles. The zero-order valence-corrected chi connectivity index (χ0v) is 11.3. The highest BCUT2D eigenvalue weighted by Crippen LogP contribution is 2.18. The number of carbonyl (C=O) groups is 1. The van der Waals surface area contributed by atoms with Crippen molar-refractivity contribution in [2.75, 3.05) is 7.05 Å². The number of benzene rings is 1. The summed E-state index contributed by atoms with van der Waals surface area (Å²) in [4.78, 5) is 13.6. The Morgan fingerprint density at radius 2 is 2.00 bits per heavy atom. The van der Waals surface area contributed by atoms with Gasteiger partial charge in [-0.2, -0.15) is 0 Å². The summed E-state index contributed by atoms with van der Waals surface area (Å²) in [6, 6.07) is 3.63. The maximum Gasteiger partial charge on any atom is 0.256 e. The van der Waals surface area contributed by atoms with E-state index in [-0.39, 0.29) is 23.3 Å². The molecule has 1 rings (SSSR count). The standard InChI is InChI=1S/C14H20FNO2/c1-9(2)7-10(3)16(4)14(18)12-6-5-11(17)8-13(12)15/h5-6,8-10,17H,7H2,1-4H3. The molecule has 100 valence electrons. The van der Waals surface area contributed by atoms with E-state index in [0.717, 1.165) is 12.5 Å². The Morgan fingerprint density at radius 1 is 1.39 bits per heavy atom. The first kappa shape index (κ1) is 14.5. The second kappa shape index (κ2) is 5.85. The van der Waals surface area contributed by atoms with Gasteiger partial charge < -0.3 is 10.0 Å². The van der Waals surface area contributed by atoms with Crippen molar-refractivity contribution < 1.29 is 14.3 Å². The fourth-order valence-electron chi connectivity index (χ4n) is 1.91. The first-order chi connectivity index (χ1) is 8.32. The molecule has 18 heavy (non-hydrogen) atoms. The molecule has 1 aromatic rings. The molecule has 0 aliphatic rings. The van der Waals surface area contributed by atoms with Gasteiger partial charge in [-0.1, -0.05) is 13.8 Å². The average molecular weight is 253 g/mol.